The fourth-order valence-electron chi connectivity index (χ4n) is 2.73. The average Bonchev–Trinajstić information content (AvgIpc) is 2.65. The van der Waals surface area contributed by atoms with Crippen LogP contribution < -0.4 is 10.1 Å². The molecule has 1 aliphatic rings. The van der Waals surface area contributed by atoms with E-state index in [9.17, 15) is 14.0 Å². The van der Waals surface area contributed by atoms with E-state index in [2.05, 4.69) is 5.32 Å². The lowest BCUT2D eigenvalue weighted by molar-refractivity contribution is -0.123. The van der Waals surface area contributed by atoms with Crippen molar-refractivity contribution in [3.05, 3.63) is 30.1 Å². The minimum atomic E-state index is -0.361. The maximum absolute atomic E-state index is 12.8. The summed E-state index contributed by atoms with van der Waals surface area (Å²) in [6.07, 6.45) is 1.59. The number of hydrogen-bond acceptors (Lipinski definition) is 4. The molecule has 1 fully saturated rings. The van der Waals surface area contributed by atoms with Gasteiger partial charge in [-0.1, -0.05) is 0 Å². The zero-order valence-corrected chi connectivity index (χ0v) is 15.2. The standard InChI is InChI=1S/C18H26FN3O4/c1-21(2)18(24)22(15-7-11-25-12-8-15)10-9-20-17(23)13-26-16-5-3-14(19)4-6-16/h3-6,15H,7-13H2,1-2H3,(H,20,23). The van der Waals surface area contributed by atoms with Gasteiger partial charge in [0, 0.05) is 46.4 Å². The molecule has 0 unspecified atom stereocenters. The second-order valence-corrected chi connectivity index (χ2v) is 6.31. The normalized spacial score (nSPS) is 14.6. The molecule has 1 aliphatic heterocycles. The van der Waals surface area contributed by atoms with Crippen molar-refractivity contribution in [1.29, 1.82) is 0 Å². The summed E-state index contributed by atoms with van der Waals surface area (Å²) < 4.78 is 23.5. The highest BCUT2D eigenvalue weighted by atomic mass is 19.1. The minimum Gasteiger partial charge on any atom is -0.484 e. The van der Waals surface area contributed by atoms with E-state index in [0.29, 0.717) is 32.1 Å². The van der Waals surface area contributed by atoms with Gasteiger partial charge in [-0.2, -0.15) is 0 Å². The Hall–Kier alpha value is -2.35. The summed E-state index contributed by atoms with van der Waals surface area (Å²) in [5.41, 5.74) is 0. The lowest BCUT2D eigenvalue weighted by atomic mass is 10.1. The largest absolute Gasteiger partial charge is 0.484 e. The Bertz CT molecular complexity index is 589. The van der Waals surface area contributed by atoms with Gasteiger partial charge >= 0.3 is 6.03 Å². The Balaban J connectivity index is 1.77. The summed E-state index contributed by atoms with van der Waals surface area (Å²) in [5.74, 6) is -0.229. The van der Waals surface area contributed by atoms with Crippen LogP contribution in [0, 0.1) is 5.82 Å². The third-order valence-corrected chi connectivity index (χ3v) is 4.12. The summed E-state index contributed by atoms with van der Waals surface area (Å²) in [6.45, 7) is 1.87. The Morgan fingerprint density at radius 3 is 2.50 bits per heavy atom. The molecule has 144 valence electrons. The molecule has 0 atom stereocenters. The van der Waals surface area contributed by atoms with Crippen LogP contribution in [0.25, 0.3) is 0 Å². The molecule has 0 radical (unpaired) electrons. The van der Waals surface area contributed by atoms with Crippen molar-refractivity contribution < 1.29 is 23.5 Å². The van der Waals surface area contributed by atoms with Gasteiger partial charge in [0.1, 0.15) is 11.6 Å². The first kappa shape index (κ1) is 20.0. The van der Waals surface area contributed by atoms with Crippen molar-refractivity contribution in [2.24, 2.45) is 0 Å². The molecule has 2 rings (SSSR count). The van der Waals surface area contributed by atoms with Gasteiger partial charge in [0.15, 0.2) is 6.61 Å². The number of halogens is 1. The van der Waals surface area contributed by atoms with Crippen molar-refractivity contribution in [2.75, 3.05) is 47.0 Å². The second-order valence-electron chi connectivity index (χ2n) is 6.31. The minimum absolute atomic E-state index is 0.0753. The fourth-order valence-corrected chi connectivity index (χ4v) is 2.73. The van der Waals surface area contributed by atoms with E-state index in [0.717, 1.165) is 12.8 Å². The Morgan fingerprint density at radius 2 is 1.88 bits per heavy atom. The maximum atomic E-state index is 12.8. The third-order valence-electron chi connectivity index (χ3n) is 4.12. The number of urea groups is 1. The number of carbonyl (C=O) groups is 2. The second kappa shape index (κ2) is 9.96. The van der Waals surface area contributed by atoms with Crippen molar-refractivity contribution in [2.45, 2.75) is 18.9 Å². The quantitative estimate of drug-likeness (QED) is 0.793. The lowest BCUT2D eigenvalue weighted by Crippen LogP contribution is -2.50. The summed E-state index contributed by atoms with van der Waals surface area (Å²) in [4.78, 5) is 27.6. The molecule has 0 spiro atoms. The average molecular weight is 367 g/mol. The molecule has 1 aromatic rings. The predicted molar refractivity (Wildman–Crippen MR) is 94.5 cm³/mol. The summed E-state index contributed by atoms with van der Waals surface area (Å²) >= 11 is 0. The van der Waals surface area contributed by atoms with Gasteiger partial charge < -0.3 is 24.6 Å². The van der Waals surface area contributed by atoms with Crippen LogP contribution in [0.1, 0.15) is 12.8 Å². The van der Waals surface area contributed by atoms with Crippen LogP contribution in [-0.2, 0) is 9.53 Å². The van der Waals surface area contributed by atoms with E-state index < -0.39 is 0 Å². The van der Waals surface area contributed by atoms with E-state index in [1.165, 1.54) is 29.2 Å². The third kappa shape index (κ3) is 6.18. The molecule has 0 saturated carbocycles. The Labute approximate surface area is 153 Å². The van der Waals surface area contributed by atoms with Gasteiger partial charge in [0.2, 0.25) is 0 Å². The molecule has 1 heterocycles. The van der Waals surface area contributed by atoms with E-state index >= 15 is 0 Å². The van der Waals surface area contributed by atoms with Gasteiger partial charge in [-0.25, -0.2) is 9.18 Å². The molecule has 3 amide bonds. The van der Waals surface area contributed by atoms with Crippen molar-refractivity contribution >= 4 is 11.9 Å². The molecule has 0 aliphatic carbocycles. The van der Waals surface area contributed by atoms with E-state index in [4.69, 9.17) is 9.47 Å². The van der Waals surface area contributed by atoms with Crippen LogP contribution in [0.15, 0.2) is 24.3 Å². The molecule has 1 aromatic carbocycles. The molecular formula is C18H26FN3O4. The highest BCUT2D eigenvalue weighted by molar-refractivity contribution is 5.77. The SMILES string of the molecule is CN(C)C(=O)N(CCNC(=O)COc1ccc(F)cc1)C1CCOCC1. The van der Waals surface area contributed by atoms with Crippen LogP contribution in [-0.4, -0.2) is 74.8 Å². The van der Waals surface area contributed by atoms with Crippen molar-refractivity contribution in [1.82, 2.24) is 15.1 Å². The van der Waals surface area contributed by atoms with Crippen LogP contribution in [0.4, 0.5) is 9.18 Å². The molecule has 26 heavy (non-hydrogen) atoms. The molecule has 0 bridgehead atoms. The highest BCUT2D eigenvalue weighted by Crippen LogP contribution is 2.15. The lowest BCUT2D eigenvalue weighted by Gasteiger charge is -2.36. The van der Waals surface area contributed by atoms with Crippen LogP contribution in [0.5, 0.6) is 5.75 Å². The molecule has 1 saturated heterocycles. The molecule has 8 heteroatoms. The first-order valence-corrected chi connectivity index (χ1v) is 8.68. The van der Waals surface area contributed by atoms with Crippen LogP contribution >= 0.6 is 0 Å². The summed E-state index contributed by atoms with van der Waals surface area (Å²) in [5, 5.41) is 2.75. The van der Waals surface area contributed by atoms with Gasteiger partial charge in [-0.3, -0.25) is 4.79 Å². The molecule has 7 nitrogen and oxygen atoms in total. The number of amides is 3. The van der Waals surface area contributed by atoms with Crippen molar-refractivity contribution in [3.63, 3.8) is 0 Å². The fraction of sp³-hybridized carbons (Fsp3) is 0.556. The van der Waals surface area contributed by atoms with Gasteiger partial charge in [-0.15, -0.1) is 0 Å². The molecule has 0 aromatic heterocycles. The summed E-state index contributed by atoms with van der Waals surface area (Å²) in [7, 11) is 3.42. The smallest absolute Gasteiger partial charge is 0.319 e. The zero-order chi connectivity index (χ0) is 18.9. The maximum Gasteiger partial charge on any atom is 0.319 e. The summed E-state index contributed by atoms with van der Waals surface area (Å²) in [6, 6.07) is 5.51. The highest BCUT2D eigenvalue weighted by Gasteiger charge is 2.26. The number of rotatable bonds is 7. The number of benzene rings is 1. The van der Waals surface area contributed by atoms with E-state index in [-0.39, 0.29) is 30.4 Å². The van der Waals surface area contributed by atoms with Crippen molar-refractivity contribution in [3.8, 4) is 5.75 Å². The number of carbonyl (C=O) groups excluding carboxylic acids is 2. The van der Waals surface area contributed by atoms with Gasteiger partial charge in [0.25, 0.3) is 5.91 Å². The Kier molecular flexibility index (Phi) is 7.65. The first-order chi connectivity index (χ1) is 12.5. The number of ether oxygens (including phenoxy) is 2. The Morgan fingerprint density at radius 1 is 1.23 bits per heavy atom. The van der Waals surface area contributed by atoms with Gasteiger partial charge in [-0.05, 0) is 37.1 Å². The first-order valence-electron chi connectivity index (χ1n) is 8.68. The number of nitrogens with zero attached hydrogens (tertiary/aromatic N) is 2. The number of hydrogen-bond donors (Lipinski definition) is 1. The monoisotopic (exact) mass is 367 g/mol. The molecular weight excluding hydrogens is 341 g/mol. The van der Waals surface area contributed by atoms with Crippen LogP contribution in [0.2, 0.25) is 0 Å². The molecule has 1 N–H and O–H groups in total. The van der Waals surface area contributed by atoms with Gasteiger partial charge in [0.05, 0.1) is 0 Å². The van der Waals surface area contributed by atoms with E-state index in [1.54, 1.807) is 19.0 Å². The predicted octanol–water partition coefficient (Wildman–Crippen LogP) is 1.48. The zero-order valence-electron chi connectivity index (χ0n) is 15.2. The van der Waals surface area contributed by atoms with E-state index in [1.807, 2.05) is 0 Å². The van der Waals surface area contributed by atoms with Crippen LogP contribution in [0.3, 0.4) is 0 Å². The topological polar surface area (TPSA) is 71.1 Å². The number of nitrogens with one attached hydrogen (secondary N) is 1.